The minimum Gasteiger partial charge on any atom is -0.481 e. The number of carboxylic acid groups (broad SMARTS) is 1. The van der Waals surface area contributed by atoms with E-state index in [0.717, 1.165) is 5.56 Å². The minimum absolute atomic E-state index is 0.112. The van der Waals surface area contributed by atoms with E-state index in [0.29, 0.717) is 16.6 Å². The van der Waals surface area contributed by atoms with E-state index in [-0.39, 0.29) is 6.04 Å². The number of carboxylic acids is 1. The molecule has 1 unspecified atom stereocenters. The third-order valence-corrected chi connectivity index (χ3v) is 3.72. The van der Waals surface area contributed by atoms with Crippen molar-refractivity contribution in [2.24, 2.45) is 5.92 Å². The van der Waals surface area contributed by atoms with Crippen molar-refractivity contribution in [3.8, 4) is 0 Å². The lowest BCUT2D eigenvalue weighted by Crippen LogP contribution is -2.41. The molecule has 0 spiro atoms. The van der Waals surface area contributed by atoms with Crippen molar-refractivity contribution in [2.75, 3.05) is 0 Å². The first-order valence-corrected chi connectivity index (χ1v) is 6.96. The van der Waals surface area contributed by atoms with Crippen LogP contribution in [-0.4, -0.2) is 27.9 Å². The molecule has 0 aliphatic carbocycles. The first-order chi connectivity index (χ1) is 9.23. The van der Waals surface area contributed by atoms with E-state index in [1.807, 2.05) is 13.8 Å². The Hall–Kier alpha value is -1.26. The van der Waals surface area contributed by atoms with Crippen molar-refractivity contribution in [2.45, 2.75) is 33.4 Å². The van der Waals surface area contributed by atoms with Gasteiger partial charge in [0, 0.05) is 12.6 Å². The van der Waals surface area contributed by atoms with Crippen LogP contribution < -0.4 is 0 Å². The van der Waals surface area contributed by atoms with Gasteiger partial charge in [0.2, 0.25) is 5.91 Å². The smallest absolute Gasteiger partial charge is 0.315 e. The number of hydrogen-bond donors (Lipinski definition) is 1. The van der Waals surface area contributed by atoms with Crippen molar-refractivity contribution >= 4 is 35.1 Å². The zero-order valence-electron chi connectivity index (χ0n) is 11.6. The van der Waals surface area contributed by atoms with Crippen molar-refractivity contribution in [1.82, 2.24) is 4.90 Å². The summed E-state index contributed by atoms with van der Waals surface area (Å²) in [5.74, 6) is -2.62. The van der Waals surface area contributed by atoms with Gasteiger partial charge in [-0.1, -0.05) is 29.3 Å². The second-order valence-corrected chi connectivity index (χ2v) is 5.68. The normalized spacial score (nSPS) is 12.3. The maximum Gasteiger partial charge on any atom is 0.315 e. The molecule has 4 nitrogen and oxygen atoms in total. The highest BCUT2D eigenvalue weighted by atomic mass is 35.5. The Morgan fingerprint density at radius 1 is 1.20 bits per heavy atom. The Morgan fingerprint density at radius 2 is 1.80 bits per heavy atom. The molecule has 0 aliphatic heterocycles. The summed E-state index contributed by atoms with van der Waals surface area (Å²) in [4.78, 5) is 24.6. The zero-order chi connectivity index (χ0) is 15.4. The van der Waals surface area contributed by atoms with E-state index in [9.17, 15) is 9.59 Å². The fraction of sp³-hybridized carbons (Fsp3) is 0.429. The molecule has 1 atom stereocenters. The molecule has 110 valence electrons. The highest BCUT2D eigenvalue weighted by Crippen LogP contribution is 2.24. The molecule has 1 amide bonds. The van der Waals surface area contributed by atoms with Gasteiger partial charge in [-0.15, -0.1) is 0 Å². The van der Waals surface area contributed by atoms with E-state index >= 15 is 0 Å². The average molecular weight is 318 g/mol. The van der Waals surface area contributed by atoms with Crippen molar-refractivity contribution in [3.05, 3.63) is 33.8 Å². The number of hydrogen-bond acceptors (Lipinski definition) is 2. The summed E-state index contributed by atoms with van der Waals surface area (Å²) < 4.78 is 0. The molecular weight excluding hydrogens is 301 g/mol. The summed E-state index contributed by atoms with van der Waals surface area (Å²) in [6.45, 7) is 5.36. The standard InChI is InChI=1S/C14H17Cl2NO3/c1-8(2)17(13(18)9(3)14(19)20)7-10-4-5-11(15)12(16)6-10/h4-6,8-9H,7H2,1-3H3,(H,19,20). The maximum atomic E-state index is 12.2. The third kappa shape index (κ3) is 4.12. The number of aliphatic carboxylic acids is 1. The highest BCUT2D eigenvalue weighted by Gasteiger charge is 2.27. The predicted octanol–water partition coefficient (Wildman–Crippen LogP) is 3.45. The molecule has 1 aromatic carbocycles. The van der Waals surface area contributed by atoms with Gasteiger partial charge in [-0.05, 0) is 38.5 Å². The fourth-order valence-electron chi connectivity index (χ4n) is 1.70. The Balaban J connectivity index is 2.95. The molecule has 0 aromatic heterocycles. The van der Waals surface area contributed by atoms with Crippen LogP contribution in [0.25, 0.3) is 0 Å². The number of amides is 1. The third-order valence-electron chi connectivity index (χ3n) is 2.98. The summed E-state index contributed by atoms with van der Waals surface area (Å²) in [5, 5.41) is 9.79. The second kappa shape index (κ2) is 6.95. The van der Waals surface area contributed by atoms with E-state index < -0.39 is 17.8 Å². The lowest BCUT2D eigenvalue weighted by molar-refractivity contribution is -0.151. The van der Waals surface area contributed by atoms with Gasteiger partial charge in [0.1, 0.15) is 5.92 Å². The van der Waals surface area contributed by atoms with E-state index in [1.54, 1.807) is 18.2 Å². The summed E-state index contributed by atoms with van der Waals surface area (Å²) in [7, 11) is 0. The summed E-state index contributed by atoms with van der Waals surface area (Å²) in [6, 6.07) is 4.99. The van der Waals surface area contributed by atoms with Crippen LogP contribution in [0.15, 0.2) is 18.2 Å². The Morgan fingerprint density at radius 3 is 2.25 bits per heavy atom. The first-order valence-electron chi connectivity index (χ1n) is 6.21. The van der Waals surface area contributed by atoms with E-state index in [1.165, 1.54) is 11.8 Å². The van der Waals surface area contributed by atoms with Crippen LogP contribution in [0.1, 0.15) is 26.3 Å². The van der Waals surface area contributed by atoms with Gasteiger partial charge >= 0.3 is 5.97 Å². The quantitative estimate of drug-likeness (QED) is 0.846. The molecular formula is C14H17Cl2NO3. The Kier molecular flexibility index (Phi) is 5.84. The maximum absolute atomic E-state index is 12.2. The molecule has 0 fully saturated rings. The predicted molar refractivity (Wildman–Crippen MR) is 78.9 cm³/mol. The van der Waals surface area contributed by atoms with Gasteiger partial charge in [0.15, 0.2) is 0 Å². The van der Waals surface area contributed by atoms with Crippen LogP contribution in [0.2, 0.25) is 10.0 Å². The molecule has 0 bridgehead atoms. The van der Waals surface area contributed by atoms with Crippen LogP contribution in [0.4, 0.5) is 0 Å². The molecule has 0 radical (unpaired) electrons. The second-order valence-electron chi connectivity index (χ2n) is 4.87. The van der Waals surface area contributed by atoms with E-state index in [2.05, 4.69) is 0 Å². The molecule has 1 aromatic rings. The monoisotopic (exact) mass is 317 g/mol. The Labute approximate surface area is 128 Å². The van der Waals surface area contributed by atoms with Crippen LogP contribution in [0, 0.1) is 5.92 Å². The summed E-state index contributed by atoms with van der Waals surface area (Å²) >= 11 is 11.8. The van der Waals surface area contributed by atoms with Gasteiger partial charge < -0.3 is 10.0 Å². The van der Waals surface area contributed by atoms with Crippen LogP contribution in [0.5, 0.6) is 0 Å². The summed E-state index contributed by atoms with van der Waals surface area (Å²) in [5.41, 5.74) is 0.805. The minimum atomic E-state index is -1.13. The molecule has 0 saturated heterocycles. The first kappa shape index (κ1) is 16.8. The molecule has 1 N–H and O–H groups in total. The van der Waals surface area contributed by atoms with Crippen LogP contribution >= 0.6 is 23.2 Å². The molecule has 0 aliphatic rings. The topological polar surface area (TPSA) is 57.6 Å². The van der Waals surface area contributed by atoms with Gasteiger partial charge in [-0.3, -0.25) is 9.59 Å². The van der Waals surface area contributed by atoms with Gasteiger partial charge in [0.05, 0.1) is 10.0 Å². The molecule has 0 heterocycles. The van der Waals surface area contributed by atoms with Gasteiger partial charge in [0.25, 0.3) is 0 Å². The number of halogens is 2. The van der Waals surface area contributed by atoms with Crippen molar-refractivity contribution < 1.29 is 14.7 Å². The van der Waals surface area contributed by atoms with Gasteiger partial charge in [-0.2, -0.15) is 0 Å². The number of nitrogens with zero attached hydrogens (tertiary/aromatic N) is 1. The van der Waals surface area contributed by atoms with Gasteiger partial charge in [-0.25, -0.2) is 0 Å². The molecule has 0 saturated carbocycles. The van der Waals surface area contributed by atoms with Crippen LogP contribution in [0.3, 0.4) is 0 Å². The van der Waals surface area contributed by atoms with Crippen molar-refractivity contribution in [3.63, 3.8) is 0 Å². The SMILES string of the molecule is CC(C(=O)O)C(=O)N(Cc1ccc(Cl)c(Cl)c1)C(C)C. The molecule has 6 heteroatoms. The fourth-order valence-corrected chi connectivity index (χ4v) is 2.02. The van der Waals surface area contributed by atoms with Crippen LogP contribution in [-0.2, 0) is 16.1 Å². The van der Waals surface area contributed by atoms with E-state index in [4.69, 9.17) is 28.3 Å². The number of benzene rings is 1. The Bertz CT molecular complexity index is 517. The zero-order valence-corrected chi connectivity index (χ0v) is 13.1. The average Bonchev–Trinajstić information content (AvgIpc) is 2.37. The number of carbonyl (C=O) groups excluding carboxylic acids is 1. The molecule has 20 heavy (non-hydrogen) atoms. The molecule has 1 rings (SSSR count). The number of carbonyl (C=O) groups is 2. The highest BCUT2D eigenvalue weighted by molar-refractivity contribution is 6.42. The summed E-state index contributed by atoms with van der Waals surface area (Å²) in [6.07, 6.45) is 0. The lowest BCUT2D eigenvalue weighted by Gasteiger charge is -2.28. The van der Waals surface area contributed by atoms with Crippen molar-refractivity contribution in [1.29, 1.82) is 0 Å². The lowest BCUT2D eigenvalue weighted by atomic mass is 10.1. The largest absolute Gasteiger partial charge is 0.481 e. The number of rotatable bonds is 5.